The van der Waals surface area contributed by atoms with Crippen LogP contribution in [0, 0.1) is 6.92 Å². The summed E-state index contributed by atoms with van der Waals surface area (Å²) in [5.74, 6) is 1.11. The van der Waals surface area contributed by atoms with Gasteiger partial charge in [0, 0.05) is 37.1 Å². The monoisotopic (exact) mass is 257 g/mol. The van der Waals surface area contributed by atoms with Crippen LogP contribution in [0.2, 0.25) is 0 Å². The van der Waals surface area contributed by atoms with E-state index >= 15 is 0 Å². The van der Waals surface area contributed by atoms with Crippen molar-refractivity contribution in [3.8, 4) is 5.69 Å². The Labute approximate surface area is 115 Å². The molecule has 3 heteroatoms. The predicted molar refractivity (Wildman–Crippen MR) is 79.7 cm³/mol. The lowest BCUT2D eigenvalue weighted by Gasteiger charge is -2.13. The maximum absolute atomic E-state index is 4.38. The normalized spacial score (nSPS) is 11.2. The van der Waals surface area contributed by atoms with E-state index in [0.717, 1.165) is 18.8 Å². The molecule has 102 valence electrons. The van der Waals surface area contributed by atoms with Gasteiger partial charge in [0.05, 0.1) is 0 Å². The van der Waals surface area contributed by atoms with Gasteiger partial charge in [-0.1, -0.05) is 32.9 Å². The number of aryl methyl sites for hydroxylation is 2. The minimum absolute atomic E-state index is 0.514. The van der Waals surface area contributed by atoms with Crippen molar-refractivity contribution >= 4 is 0 Å². The smallest absolute Gasteiger partial charge is 0.112 e. The van der Waals surface area contributed by atoms with Gasteiger partial charge in [0.1, 0.15) is 5.82 Å². The molecule has 0 aliphatic rings. The Balaban J connectivity index is 2.24. The molecule has 0 spiro atoms. The maximum atomic E-state index is 4.38. The fourth-order valence-electron chi connectivity index (χ4n) is 2.24. The SMILES string of the molecule is CCc1nccn1-c1ccc(CNC(C)C)cc1C. The summed E-state index contributed by atoms with van der Waals surface area (Å²) < 4.78 is 2.18. The van der Waals surface area contributed by atoms with Gasteiger partial charge in [0.15, 0.2) is 0 Å². The first-order valence-corrected chi connectivity index (χ1v) is 6.97. The minimum Gasteiger partial charge on any atom is -0.310 e. The molecular formula is C16H23N3. The minimum atomic E-state index is 0.514. The van der Waals surface area contributed by atoms with Crippen LogP contribution >= 0.6 is 0 Å². The van der Waals surface area contributed by atoms with Crippen molar-refractivity contribution in [1.82, 2.24) is 14.9 Å². The zero-order valence-corrected chi connectivity index (χ0v) is 12.3. The first-order chi connectivity index (χ1) is 9.11. The quantitative estimate of drug-likeness (QED) is 0.891. The number of rotatable bonds is 5. The second-order valence-corrected chi connectivity index (χ2v) is 5.22. The highest BCUT2D eigenvalue weighted by molar-refractivity contribution is 5.43. The Kier molecular flexibility index (Phi) is 4.38. The standard InChI is InChI=1S/C16H23N3/c1-5-16-17-8-9-19(16)15-7-6-14(10-13(15)4)11-18-12(2)3/h6-10,12,18H,5,11H2,1-4H3. The molecule has 0 radical (unpaired) electrons. The third-order valence-electron chi connectivity index (χ3n) is 3.27. The summed E-state index contributed by atoms with van der Waals surface area (Å²) in [5.41, 5.74) is 3.84. The Morgan fingerprint density at radius 3 is 2.74 bits per heavy atom. The lowest BCUT2D eigenvalue weighted by Crippen LogP contribution is -2.21. The topological polar surface area (TPSA) is 29.9 Å². The number of hydrogen-bond acceptors (Lipinski definition) is 2. The summed E-state index contributed by atoms with van der Waals surface area (Å²) in [6, 6.07) is 7.15. The predicted octanol–water partition coefficient (Wildman–Crippen LogP) is 3.24. The number of hydrogen-bond donors (Lipinski definition) is 1. The third-order valence-corrected chi connectivity index (χ3v) is 3.27. The molecule has 1 aromatic heterocycles. The maximum Gasteiger partial charge on any atom is 0.112 e. The van der Waals surface area contributed by atoms with E-state index in [2.05, 4.69) is 60.8 Å². The second-order valence-electron chi connectivity index (χ2n) is 5.22. The molecule has 1 N–H and O–H groups in total. The van der Waals surface area contributed by atoms with Gasteiger partial charge in [-0.05, 0) is 24.1 Å². The van der Waals surface area contributed by atoms with Gasteiger partial charge in [0.25, 0.3) is 0 Å². The van der Waals surface area contributed by atoms with Crippen LogP contribution in [0.15, 0.2) is 30.6 Å². The molecule has 3 nitrogen and oxygen atoms in total. The van der Waals surface area contributed by atoms with Crippen molar-refractivity contribution in [3.05, 3.63) is 47.5 Å². The van der Waals surface area contributed by atoms with E-state index in [4.69, 9.17) is 0 Å². The highest BCUT2D eigenvalue weighted by atomic mass is 15.1. The molecule has 1 aromatic carbocycles. The highest BCUT2D eigenvalue weighted by Gasteiger charge is 2.06. The highest BCUT2D eigenvalue weighted by Crippen LogP contribution is 2.18. The number of imidazole rings is 1. The molecule has 2 aromatic rings. The van der Waals surface area contributed by atoms with Crippen LogP contribution in [0.5, 0.6) is 0 Å². The van der Waals surface area contributed by atoms with Gasteiger partial charge in [-0.25, -0.2) is 4.98 Å². The van der Waals surface area contributed by atoms with Crippen LogP contribution in [0.1, 0.15) is 37.7 Å². The van der Waals surface area contributed by atoms with E-state index in [-0.39, 0.29) is 0 Å². The number of aromatic nitrogens is 2. The van der Waals surface area contributed by atoms with Crippen molar-refractivity contribution in [1.29, 1.82) is 0 Å². The summed E-state index contributed by atoms with van der Waals surface area (Å²) in [7, 11) is 0. The molecule has 0 unspecified atom stereocenters. The molecule has 0 bridgehead atoms. The molecule has 0 amide bonds. The van der Waals surface area contributed by atoms with Gasteiger partial charge in [-0.15, -0.1) is 0 Å². The van der Waals surface area contributed by atoms with E-state index in [9.17, 15) is 0 Å². The molecule has 0 atom stereocenters. The second kappa shape index (κ2) is 6.02. The van der Waals surface area contributed by atoms with Gasteiger partial charge in [-0.2, -0.15) is 0 Å². The molecule has 2 rings (SSSR count). The van der Waals surface area contributed by atoms with E-state index in [1.54, 1.807) is 0 Å². The summed E-state index contributed by atoms with van der Waals surface area (Å²) in [6.07, 6.45) is 4.85. The Hall–Kier alpha value is -1.61. The summed E-state index contributed by atoms with van der Waals surface area (Å²) >= 11 is 0. The van der Waals surface area contributed by atoms with Gasteiger partial charge in [0.2, 0.25) is 0 Å². The summed E-state index contributed by atoms with van der Waals surface area (Å²) in [6.45, 7) is 9.55. The fourth-order valence-corrected chi connectivity index (χ4v) is 2.24. The van der Waals surface area contributed by atoms with Gasteiger partial charge in [-0.3, -0.25) is 0 Å². The van der Waals surface area contributed by atoms with E-state index in [1.165, 1.54) is 16.8 Å². The lowest BCUT2D eigenvalue weighted by molar-refractivity contribution is 0.588. The molecule has 1 heterocycles. The van der Waals surface area contributed by atoms with Crippen LogP contribution in [0.25, 0.3) is 5.69 Å². The number of nitrogens with one attached hydrogen (secondary N) is 1. The molecule has 0 aliphatic carbocycles. The molecule has 0 aliphatic heterocycles. The average molecular weight is 257 g/mol. The first-order valence-electron chi connectivity index (χ1n) is 6.97. The Bertz CT molecular complexity index is 541. The van der Waals surface area contributed by atoms with E-state index in [1.807, 2.05) is 12.4 Å². The van der Waals surface area contributed by atoms with Crippen molar-refractivity contribution < 1.29 is 0 Å². The van der Waals surface area contributed by atoms with Crippen LogP contribution < -0.4 is 5.32 Å². The van der Waals surface area contributed by atoms with Crippen molar-refractivity contribution in [2.24, 2.45) is 0 Å². The van der Waals surface area contributed by atoms with Gasteiger partial charge < -0.3 is 9.88 Å². The molecule has 19 heavy (non-hydrogen) atoms. The van der Waals surface area contributed by atoms with Gasteiger partial charge >= 0.3 is 0 Å². The van der Waals surface area contributed by atoms with E-state index < -0.39 is 0 Å². The fraction of sp³-hybridized carbons (Fsp3) is 0.438. The van der Waals surface area contributed by atoms with Crippen LogP contribution in [-0.2, 0) is 13.0 Å². The van der Waals surface area contributed by atoms with Crippen LogP contribution in [0.4, 0.5) is 0 Å². The van der Waals surface area contributed by atoms with Crippen molar-refractivity contribution in [2.75, 3.05) is 0 Å². The third kappa shape index (κ3) is 3.24. The zero-order valence-electron chi connectivity index (χ0n) is 12.3. The summed E-state index contributed by atoms with van der Waals surface area (Å²) in [4.78, 5) is 4.38. The summed E-state index contributed by atoms with van der Waals surface area (Å²) in [5, 5.41) is 3.45. The molecule has 0 fully saturated rings. The Morgan fingerprint density at radius 1 is 1.32 bits per heavy atom. The molecule has 0 saturated heterocycles. The number of nitrogens with zero attached hydrogens (tertiary/aromatic N) is 2. The van der Waals surface area contributed by atoms with Crippen LogP contribution in [-0.4, -0.2) is 15.6 Å². The average Bonchev–Trinajstić information content (AvgIpc) is 2.84. The van der Waals surface area contributed by atoms with Crippen LogP contribution in [0.3, 0.4) is 0 Å². The first kappa shape index (κ1) is 13.8. The lowest BCUT2D eigenvalue weighted by atomic mass is 10.1. The molecule has 0 saturated carbocycles. The zero-order chi connectivity index (χ0) is 13.8. The van der Waals surface area contributed by atoms with E-state index in [0.29, 0.717) is 6.04 Å². The van der Waals surface area contributed by atoms with Crippen molar-refractivity contribution in [2.45, 2.75) is 46.7 Å². The molecular weight excluding hydrogens is 234 g/mol. The Morgan fingerprint density at radius 2 is 2.11 bits per heavy atom. The largest absolute Gasteiger partial charge is 0.310 e. The number of benzene rings is 1. The van der Waals surface area contributed by atoms with Crippen molar-refractivity contribution in [3.63, 3.8) is 0 Å².